The van der Waals surface area contributed by atoms with Crippen molar-refractivity contribution in [2.75, 3.05) is 31.7 Å². The number of nitrogens with two attached hydrogens (primary N) is 2. The molecule has 18 heavy (non-hydrogen) atoms. The van der Waals surface area contributed by atoms with E-state index in [-0.39, 0.29) is 0 Å². The highest BCUT2D eigenvalue weighted by Gasteiger charge is 2.32. The first-order valence-electron chi connectivity index (χ1n) is 6.16. The zero-order valence-corrected chi connectivity index (χ0v) is 11.0. The Morgan fingerprint density at radius 1 is 1.39 bits per heavy atom. The molecule has 1 aliphatic heterocycles. The molecule has 0 aromatic heterocycles. The van der Waals surface area contributed by atoms with Gasteiger partial charge in [0.2, 0.25) is 0 Å². The molecule has 5 N–H and O–H groups in total. The monoisotopic (exact) mass is 247 g/mol. The number of anilines is 2. The highest BCUT2D eigenvalue weighted by molar-refractivity contribution is 5.84. The second kappa shape index (κ2) is 4.96. The van der Waals surface area contributed by atoms with E-state index in [1.54, 1.807) is 6.34 Å². The van der Waals surface area contributed by atoms with E-state index in [2.05, 4.69) is 29.3 Å². The molecule has 1 atom stereocenters. The van der Waals surface area contributed by atoms with Gasteiger partial charge in [-0.05, 0) is 45.6 Å². The lowest BCUT2D eigenvalue weighted by molar-refractivity contribution is 0.346. The average Bonchev–Trinajstić information content (AvgIpc) is 2.28. The number of hydrogen-bond acceptors (Lipinski definition) is 5. The van der Waals surface area contributed by atoms with Crippen LogP contribution >= 0.6 is 0 Å². The summed E-state index contributed by atoms with van der Waals surface area (Å²) in [5.41, 5.74) is 14.3. The van der Waals surface area contributed by atoms with Crippen molar-refractivity contribution in [1.29, 1.82) is 0 Å². The lowest BCUT2D eigenvalue weighted by Gasteiger charge is -2.32. The van der Waals surface area contributed by atoms with Crippen molar-refractivity contribution in [2.45, 2.75) is 18.5 Å². The fourth-order valence-corrected chi connectivity index (χ4v) is 2.31. The van der Waals surface area contributed by atoms with E-state index >= 15 is 0 Å². The molecule has 1 heterocycles. The van der Waals surface area contributed by atoms with Gasteiger partial charge in [-0.25, -0.2) is 4.99 Å². The van der Waals surface area contributed by atoms with Gasteiger partial charge in [-0.3, -0.25) is 0 Å². The van der Waals surface area contributed by atoms with E-state index in [9.17, 15) is 0 Å². The lowest BCUT2D eigenvalue weighted by atomic mass is 9.91. The van der Waals surface area contributed by atoms with Crippen molar-refractivity contribution in [3.8, 4) is 0 Å². The number of nitrogen functional groups attached to an aromatic ring is 1. The van der Waals surface area contributed by atoms with Crippen LogP contribution < -0.4 is 16.8 Å². The number of hydrogen-bond donors (Lipinski definition) is 3. The van der Waals surface area contributed by atoms with E-state index in [0.717, 1.165) is 30.6 Å². The Morgan fingerprint density at radius 2 is 2.17 bits per heavy atom. The molecule has 0 fully saturated rings. The van der Waals surface area contributed by atoms with E-state index in [1.165, 1.54) is 0 Å². The van der Waals surface area contributed by atoms with Crippen LogP contribution in [0.3, 0.4) is 0 Å². The third kappa shape index (κ3) is 2.47. The van der Waals surface area contributed by atoms with Crippen LogP contribution in [0.1, 0.15) is 18.4 Å². The molecule has 1 unspecified atom stereocenters. The zero-order valence-electron chi connectivity index (χ0n) is 11.0. The number of benzene rings is 1. The van der Waals surface area contributed by atoms with E-state index < -0.39 is 5.66 Å². The Labute approximate surface area is 108 Å². The van der Waals surface area contributed by atoms with Gasteiger partial charge in [-0.15, -0.1) is 0 Å². The molecule has 2 rings (SSSR count). The molecule has 0 bridgehead atoms. The van der Waals surface area contributed by atoms with Crippen molar-refractivity contribution in [1.82, 2.24) is 4.90 Å². The minimum Gasteiger partial charge on any atom is -0.398 e. The zero-order chi connectivity index (χ0) is 13.2. The van der Waals surface area contributed by atoms with Crippen molar-refractivity contribution < 1.29 is 0 Å². The number of aliphatic imine (C=N–C) groups is 1. The average molecular weight is 247 g/mol. The number of rotatable bonds is 4. The van der Waals surface area contributed by atoms with Crippen molar-refractivity contribution in [3.05, 3.63) is 23.8 Å². The molecule has 1 aromatic carbocycles. The highest BCUT2D eigenvalue weighted by atomic mass is 15.1. The first kappa shape index (κ1) is 12.9. The molecular formula is C13H21N5. The van der Waals surface area contributed by atoms with E-state index in [4.69, 9.17) is 11.5 Å². The van der Waals surface area contributed by atoms with Gasteiger partial charge in [-0.1, -0.05) is 6.07 Å². The molecule has 0 saturated carbocycles. The third-order valence-electron chi connectivity index (χ3n) is 3.21. The van der Waals surface area contributed by atoms with Crippen LogP contribution in [0.2, 0.25) is 0 Å². The summed E-state index contributed by atoms with van der Waals surface area (Å²) in [5, 5.41) is 3.10. The van der Waals surface area contributed by atoms with Gasteiger partial charge in [0, 0.05) is 16.9 Å². The quantitative estimate of drug-likeness (QED) is 0.698. The fraction of sp³-hybridized carbons (Fsp3) is 0.462. The predicted octanol–water partition coefficient (Wildman–Crippen LogP) is 1.18. The van der Waals surface area contributed by atoms with Gasteiger partial charge >= 0.3 is 0 Å². The van der Waals surface area contributed by atoms with Gasteiger partial charge in [-0.2, -0.15) is 0 Å². The van der Waals surface area contributed by atoms with Crippen molar-refractivity contribution in [2.24, 2.45) is 10.7 Å². The van der Waals surface area contributed by atoms with Crippen LogP contribution in [0.4, 0.5) is 11.4 Å². The number of nitrogens with one attached hydrogen (secondary N) is 1. The molecule has 0 saturated heterocycles. The molecule has 1 aromatic rings. The van der Waals surface area contributed by atoms with E-state index in [0.29, 0.717) is 5.69 Å². The standard InChI is InChI=1S/C13H21N5/c1-18(2)8-4-7-13(15)12-10(14)5-3-6-11(12)16-9-17-13/h3,5-6,9H,4,7-8,14-15H2,1-2H3,(H,16,17). The summed E-state index contributed by atoms with van der Waals surface area (Å²) < 4.78 is 0. The van der Waals surface area contributed by atoms with Gasteiger partial charge in [0.1, 0.15) is 5.66 Å². The predicted molar refractivity (Wildman–Crippen MR) is 76.6 cm³/mol. The molecule has 0 spiro atoms. The van der Waals surface area contributed by atoms with Crippen LogP contribution in [0, 0.1) is 0 Å². The number of fused-ring (bicyclic) bond motifs is 1. The van der Waals surface area contributed by atoms with Gasteiger partial charge in [0.05, 0.1) is 6.34 Å². The smallest absolute Gasteiger partial charge is 0.139 e. The molecule has 0 aliphatic carbocycles. The SMILES string of the molecule is CN(C)CCCC1(N)N=CNc2cccc(N)c21. The Bertz CT molecular complexity index is 455. The molecule has 0 radical (unpaired) electrons. The maximum Gasteiger partial charge on any atom is 0.139 e. The summed E-state index contributed by atoms with van der Waals surface area (Å²) in [7, 11) is 4.11. The van der Waals surface area contributed by atoms with Crippen LogP contribution in [0.15, 0.2) is 23.2 Å². The highest BCUT2D eigenvalue weighted by Crippen LogP contribution is 2.37. The van der Waals surface area contributed by atoms with Crippen LogP contribution in [-0.2, 0) is 5.66 Å². The lowest BCUT2D eigenvalue weighted by Crippen LogP contribution is -2.39. The van der Waals surface area contributed by atoms with Gasteiger partial charge in [0.15, 0.2) is 0 Å². The first-order valence-corrected chi connectivity index (χ1v) is 6.16. The molecule has 5 heteroatoms. The summed E-state index contributed by atoms with van der Waals surface area (Å²) in [6, 6.07) is 5.76. The summed E-state index contributed by atoms with van der Waals surface area (Å²) >= 11 is 0. The molecule has 5 nitrogen and oxygen atoms in total. The second-order valence-corrected chi connectivity index (χ2v) is 5.00. The first-order chi connectivity index (χ1) is 8.53. The summed E-state index contributed by atoms with van der Waals surface area (Å²) in [6.45, 7) is 0.990. The minimum atomic E-state index is -0.706. The summed E-state index contributed by atoms with van der Waals surface area (Å²) in [6.07, 6.45) is 3.43. The maximum atomic E-state index is 6.42. The maximum absolute atomic E-state index is 6.42. The molecule has 98 valence electrons. The fourth-order valence-electron chi connectivity index (χ4n) is 2.31. The van der Waals surface area contributed by atoms with Crippen molar-refractivity contribution in [3.63, 3.8) is 0 Å². The second-order valence-electron chi connectivity index (χ2n) is 5.00. The van der Waals surface area contributed by atoms with Crippen LogP contribution in [0.25, 0.3) is 0 Å². The Morgan fingerprint density at radius 3 is 2.89 bits per heavy atom. The number of nitrogens with zero attached hydrogens (tertiary/aromatic N) is 2. The van der Waals surface area contributed by atoms with Crippen LogP contribution in [-0.4, -0.2) is 31.9 Å². The summed E-state index contributed by atoms with van der Waals surface area (Å²) in [5.74, 6) is 0. The normalized spacial score (nSPS) is 21.8. The Balaban J connectivity index is 2.23. The Kier molecular flexibility index (Phi) is 3.54. The molecular weight excluding hydrogens is 226 g/mol. The molecule has 1 aliphatic rings. The summed E-state index contributed by atoms with van der Waals surface area (Å²) in [4.78, 5) is 6.55. The molecule has 0 amide bonds. The van der Waals surface area contributed by atoms with E-state index in [1.807, 2.05) is 18.2 Å². The minimum absolute atomic E-state index is 0.698. The topological polar surface area (TPSA) is 79.7 Å². The van der Waals surface area contributed by atoms with Gasteiger partial charge < -0.3 is 21.7 Å². The van der Waals surface area contributed by atoms with Crippen LogP contribution in [0.5, 0.6) is 0 Å². The van der Waals surface area contributed by atoms with Crippen molar-refractivity contribution >= 4 is 17.7 Å². The van der Waals surface area contributed by atoms with Gasteiger partial charge in [0.25, 0.3) is 0 Å². The third-order valence-corrected chi connectivity index (χ3v) is 3.21. The largest absolute Gasteiger partial charge is 0.398 e. The Hall–Kier alpha value is -1.59.